The van der Waals surface area contributed by atoms with Crippen molar-refractivity contribution >= 4 is 23.4 Å². The van der Waals surface area contributed by atoms with E-state index in [1.54, 1.807) is 18.9 Å². The number of likely N-dealkylation sites (N-methyl/N-ethyl adjacent to an activating group) is 1. The van der Waals surface area contributed by atoms with Crippen LogP contribution in [-0.2, 0) is 0 Å². The Morgan fingerprint density at radius 3 is 2.75 bits per heavy atom. The lowest BCUT2D eigenvalue weighted by molar-refractivity contribution is 0.0697. The van der Waals surface area contributed by atoms with Crippen molar-refractivity contribution in [3.8, 4) is 0 Å². The van der Waals surface area contributed by atoms with Crippen LogP contribution in [0, 0.1) is 0 Å². The number of pyridine rings is 1. The van der Waals surface area contributed by atoms with Gasteiger partial charge in [0.25, 0.3) is 0 Å². The van der Waals surface area contributed by atoms with Gasteiger partial charge in [0.15, 0.2) is 0 Å². The maximum absolute atomic E-state index is 10.8. The summed E-state index contributed by atoms with van der Waals surface area (Å²) >= 11 is 5.72. The summed E-state index contributed by atoms with van der Waals surface area (Å²) in [5, 5.41) is 18.0. The van der Waals surface area contributed by atoms with E-state index in [-0.39, 0.29) is 23.4 Å². The molecule has 0 saturated carbocycles. The van der Waals surface area contributed by atoms with Gasteiger partial charge in [-0.25, -0.2) is 9.78 Å². The van der Waals surface area contributed by atoms with Gasteiger partial charge in [-0.05, 0) is 19.1 Å². The first-order chi connectivity index (χ1) is 7.45. The van der Waals surface area contributed by atoms with E-state index in [2.05, 4.69) is 4.98 Å². The standard InChI is InChI=1S/C10H13ClN2O3/c1-6(5-14)13(2)9-4-7(10(15)16)3-8(11)12-9/h3-4,6,14H,5H2,1-2H3,(H,15,16). The minimum absolute atomic E-state index is 0.0485. The van der Waals surface area contributed by atoms with E-state index in [4.69, 9.17) is 21.8 Å². The molecule has 16 heavy (non-hydrogen) atoms. The number of hydrogen-bond donors (Lipinski definition) is 2. The van der Waals surface area contributed by atoms with Crippen LogP contribution in [0.5, 0.6) is 0 Å². The third kappa shape index (κ3) is 2.84. The van der Waals surface area contributed by atoms with Crippen LogP contribution in [-0.4, -0.2) is 40.9 Å². The van der Waals surface area contributed by atoms with Gasteiger partial charge in [0.1, 0.15) is 11.0 Å². The van der Waals surface area contributed by atoms with Crippen LogP contribution < -0.4 is 4.90 Å². The third-order valence-electron chi connectivity index (χ3n) is 2.31. The van der Waals surface area contributed by atoms with Crippen LogP contribution in [0.3, 0.4) is 0 Å². The van der Waals surface area contributed by atoms with Crippen molar-refractivity contribution in [3.05, 3.63) is 22.8 Å². The Balaban J connectivity index is 3.09. The SMILES string of the molecule is CC(CO)N(C)c1cc(C(=O)O)cc(Cl)n1. The normalized spacial score (nSPS) is 12.2. The molecule has 2 N–H and O–H groups in total. The fourth-order valence-corrected chi connectivity index (χ4v) is 1.34. The molecule has 6 heteroatoms. The molecule has 0 aromatic carbocycles. The maximum atomic E-state index is 10.8. The molecule has 0 fully saturated rings. The summed E-state index contributed by atoms with van der Waals surface area (Å²) in [6, 6.07) is 2.54. The van der Waals surface area contributed by atoms with E-state index < -0.39 is 5.97 Å². The van der Waals surface area contributed by atoms with Crippen molar-refractivity contribution in [3.63, 3.8) is 0 Å². The average molecular weight is 245 g/mol. The fourth-order valence-electron chi connectivity index (χ4n) is 1.14. The van der Waals surface area contributed by atoms with Crippen LogP contribution >= 0.6 is 11.6 Å². The average Bonchev–Trinajstić information content (AvgIpc) is 2.26. The van der Waals surface area contributed by atoms with Gasteiger partial charge in [-0.3, -0.25) is 0 Å². The van der Waals surface area contributed by atoms with Crippen molar-refractivity contribution in [1.29, 1.82) is 0 Å². The predicted molar refractivity (Wildman–Crippen MR) is 61.2 cm³/mol. The molecule has 1 aromatic rings. The molecule has 0 spiro atoms. The van der Waals surface area contributed by atoms with Crippen molar-refractivity contribution in [1.82, 2.24) is 4.98 Å². The number of aromatic nitrogens is 1. The summed E-state index contributed by atoms with van der Waals surface area (Å²) < 4.78 is 0. The Morgan fingerprint density at radius 2 is 2.25 bits per heavy atom. The minimum atomic E-state index is -1.06. The van der Waals surface area contributed by atoms with E-state index in [1.165, 1.54) is 12.1 Å². The summed E-state index contributed by atoms with van der Waals surface area (Å²) in [6.45, 7) is 1.75. The Labute approximate surface area is 98.3 Å². The number of aliphatic hydroxyl groups is 1. The number of carbonyl (C=O) groups is 1. The Morgan fingerprint density at radius 1 is 1.62 bits per heavy atom. The number of hydrogen-bond acceptors (Lipinski definition) is 4. The highest BCUT2D eigenvalue weighted by Crippen LogP contribution is 2.18. The van der Waals surface area contributed by atoms with Crippen molar-refractivity contribution in [2.75, 3.05) is 18.6 Å². The monoisotopic (exact) mass is 244 g/mol. The van der Waals surface area contributed by atoms with Gasteiger partial charge >= 0.3 is 5.97 Å². The van der Waals surface area contributed by atoms with Crippen LogP contribution in [0.1, 0.15) is 17.3 Å². The van der Waals surface area contributed by atoms with Crippen LogP contribution in [0.2, 0.25) is 5.15 Å². The second kappa shape index (κ2) is 5.14. The zero-order chi connectivity index (χ0) is 12.3. The van der Waals surface area contributed by atoms with Crippen LogP contribution in [0.4, 0.5) is 5.82 Å². The van der Waals surface area contributed by atoms with Gasteiger partial charge in [-0.2, -0.15) is 0 Å². The summed E-state index contributed by atoms with van der Waals surface area (Å²) in [4.78, 5) is 16.5. The van der Waals surface area contributed by atoms with Crippen molar-refractivity contribution in [2.45, 2.75) is 13.0 Å². The molecule has 0 aliphatic heterocycles. The molecule has 88 valence electrons. The largest absolute Gasteiger partial charge is 0.478 e. The molecule has 0 bridgehead atoms. The summed E-state index contributed by atoms with van der Waals surface area (Å²) in [7, 11) is 1.71. The zero-order valence-electron chi connectivity index (χ0n) is 9.01. The number of carboxylic acid groups (broad SMARTS) is 1. The van der Waals surface area contributed by atoms with Crippen molar-refractivity contribution in [2.24, 2.45) is 0 Å². The molecule has 5 nitrogen and oxygen atoms in total. The lowest BCUT2D eigenvalue weighted by Gasteiger charge is -2.24. The lowest BCUT2D eigenvalue weighted by atomic mass is 10.2. The zero-order valence-corrected chi connectivity index (χ0v) is 9.77. The third-order valence-corrected chi connectivity index (χ3v) is 2.51. The molecule has 0 amide bonds. The number of nitrogens with zero attached hydrogens (tertiary/aromatic N) is 2. The number of anilines is 1. The molecule has 1 rings (SSSR count). The molecule has 1 heterocycles. The number of rotatable bonds is 4. The Hall–Kier alpha value is -1.33. The highest BCUT2D eigenvalue weighted by molar-refractivity contribution is 6.29. The quantitative estimate of drug-likeness (QED) is 0.780. The molecule has 1 unspecified atom stereocenters. The molecule has 0 aliphatic rings. The van der Waals surface area contributed by atoms with Crippen molar-refractivity contribution < 1.29 is 15.0 Å². The highest BCUT2D eigenvalue weighted by Gasteiger charge is 2.14. The molecule has 1 aromatic heterocycles. The van der Waals surface area contributed by atoms with Gasteiger partial charge in [0.05, 0.1) is 18.2 Å². The second-order valence-corrected chi connectivity index (χ2v) is 3.87. The molecule has 0 aliphatic carbocycles. The first kappa shape index (κ1) is 12.7. The summed E-state index contributed by atoms with van der Waals surface area (Å²) in [5.41, 5.74) is 0.0759. The predicted octanol–water partition coefficient (Wildman–Crippen LogP) is 1.25. The Kier molecular flexibility index (Phi) is 4.09. The van der Waals surface area contributed by atoms with Gasteiger partial charge in [0.2, 0.25) is 0 Å². The molecular weight excluding hydrogens is 232 g/mol. The summed E-state index contributed by atoms with van der Waals surface area (Å²) in [6.07, 6.45) is 0. The fraction of sp³-hybridized carbons (Fsp3) is 0.400. The molecule has 0 radical (unpaired) electrons. The first-order valence-corrected chi connectivity index (χ1v) is 5.08. The smallest absolute Gasteiger partial charge is 0.335 e. The maximum Gasteiger partial charge on any atom is 0.335 e. The lowest BCUT2D eigenvalue weighted by Crippen LogP contribution is -2.32. The van der Waals surface area contributed by atoms with E-state index in [0.29, 0.717) is 5.82 Å². The van der Waals surface area contributed by atoms with E-state index in [1.807, 2.05) is 0 Å². The van der Waals surface area contributed by atoms with E-state index in [9.17, 15) is 4.79 Å². The topological polar surface area (TPSA) is 73.7 Å². The number of halogens is 1. The van der Waals surface area contributed by atoms with E-state index in [0.717, 1.165) is 0 Å². The molecule has 0 saturated heterocycles. The summed E-state index contributed by atoms with van der Waals surface area (Å²) in [5.74, 6) is -0.637. The van der Waals surface area contributed by atoms with E-state index >= 15 is 0 Å². The highest BCUT2D eigenvalue weighted by atomic mass is 35.5. The molecule has 1 atom stereocenters. The van der Waals surface area contributed by atoms with Gasteiger partial charge in [0, 0.05) is 7.05 Å². The van der Waals surface area contributed by atoms with Gasteiger partial charge in [-0.1, -0.05) is 11.6 Å². The van der Waals surface area contributed by atoms with Gasteiger partial charge in [-0.15, -0.1) is 0 Å². The minimum Gasteiger partial charge on any atom is -0.478 e. The van der Waals surface area contributed by atoms with Crippen LogP contribution in [0.25, 0.3) is 0 Å². The molecular formula is C10H13ClN2O3. The van der Waals surface area contributed by atoms with Gasteiger partial charge < -0.3 is 15.1 Å². The number of carboxylic acids is 1. The number of aromatic carboxylic acids is 1. The Bertz CT molecular complexity index is 398. The first-order valence-electron chi connectivity index (χ1n) is 4.70. The number of aliphatic hydroxyl groups excluding tert-OH is 1. The van der Waals surface area contributed by atoms with Crippen LogP contribution in [0.15, 0.2) is 12.1 Å². The second-order valence-electron chi connectivity index (χ2n) is 3.48.